The van der Waals surface area contributed by atoms with Gasteiger partial charge in [0.05, 0.1) is 12.7 Å². The largest absolute Gasteiger partial charge is 0.465 e. The van der Waals surface area contributed by atoms with Crippen LogP contribution in [0.25, 0.3) is 0 Å². The van der Waals surface area contributed by atoms with E-state index in [0.29, 0.717) is 0 Å². The van der Waals surface area contributed by atoms with Crippen molar-refractivity contribution in [2.45, 2.75) is 24.2 Å². The van der Waals surface area contributed by atoms with E-state index in [1.807, 2.05) is 6.07 Å². The van der Waals surface area contributed by atoms with Crippen molar-refractivity contribution in [3.8, 4) is 5.75 Å². The third kappa shape index (κ3) is 3.22. The van der Waals surface area contributed by atoms with Gasteiger partial charge in [-0.2, -0.15) is 8.42 Å². The number of hydrogen-bond acceptors (Lipinski definition) is 5. The van der Waals surface area contributed by atoms with Gasteiger partial charge < -0.3 is 8.92 Å². The van der Waals surface area contributed by atoms with Gasteiger partial charge in [-0.1, -0.05) is 12.1 Å². The molecule has 2 aromatic carbocycles. The summed E-state index contributed by atoms with van der Waals surface area (Å²) in [5.41, 5.74) is 2.52. The van der Waals surface area contributed by atoms with Crippen LogP contribution >= 0.6 is 0 Å². The minimum absolute atomic E-state index is 0.0825. The lowest BCUT2D eigenvalue weighted by molar-refractivity contribution is 0.0600. The molecule has 1 aliphatic carbocycles. The average molecular weight is 332 g/mol. The normalized spacial score (nSPS) is 13.4. The molecule has 1 aliphatic rings. The maximum absolute atomic E-state index is 12.4. The van der Waals surface area contributed by atoms with Crippen LogP contribution in [0, 0.1) is 0 Å². The summed E-state index contributed by atoms with van der Waals surface area (Å²) in [5.74, 6) is -0.311. The van der Waals surface area contributed by atoms with Gasteiger partial charge in [-0.25, -0.2) is 4.79 Å². The van der Waals surface area contributed by atoms with Crippen molar-refractivity contribution in [1.29, 1.82) is 0 Å². The predicted octanol–water partition coefficient (Wildman–Crippen LogP) is 2.73. The second kappa shape index (κ2) is 6.04. The lowest BCUT2D eigenvalue weighted by Gasteiger charge is -2.09. The Morgan fingerprint density at radius 2 is 1.83 bits per heavy atom. The van der Waals surface area contributed by atoms with Crippen LogP contribution < -0.4 is 4.18 Å². The summed E-state index contributed by atoms with van der Waals surface area (Å²) in [6.07, 6.45) is 3.03. The molecule has 6 heteroatoms. The number of benzene rings is 2. The van der Waals surface area contributed by atoms with Crippen LogP contribution in [0.1, 0.15) is 27.9 Å². The van der Waals surface area contributed by atoms with Gasteiger partial charge in [0, 0.05) is 0 Å². The average Bonchev–Trinajstić information content (AvgIpc) is 3.01. The Balaban J connectivity index is 1.88. The van der Waals surface area contributed by atoms with E-state index in [4.69, 9.17) is 4.18 Å². The first-order chi connectivity index (χ1) is 11.0. The van der Waals surface area contributed by atoms with E-state index in [0.717, 1.165) is 24.8 Å². The fraction of sp³-hybridized carbons (Fsp3) is 0.235. The summed E-state index contributed by atoms with van der Waals surface area (Å²) in [6, 6.07) is 10.9. The Kier molecular flexibility index (Phi) is 4.09. The molecule has 3 rings (SSSR count). The molecular weight excluding hydrogens is 316 g/mol. The molecule has 0 aromatic heterocycles. The Hall–Kier alpha value is -2.34. The van der Waals surface area contributed by atoms with Gasteiger partial charge in [0.25, 0.3) is 0 Å². The number of aryl methyl sites for hydroxylation is 2. The fourth-order valence-electron chi connectivity index (χ4n) is 2.67. The summed E-state index contributed by atoms with van der Waals surface area (Å²) in [5, 5.41) is 0. The van der Waals surface area contributed by atoms with Gasteiger partial charge in [-0.3, -0.25) is 0 Å². The first kappa shape index (κ1) is 15.6. The van der Waals surface area contributed by atoms with Gasteiger partial charge in [0.1, 0.15) is 10.6 Å². The minimum atomic E-state index is -4.00. The van der Waals surface area contributed by atoms with Crippen molar-refractivity contribution in [3.63, 3.8) is 0 Å². The van der Waals surface area contributed by atoms with Crippen molar-refractivity contribution in [2.24, 2.45) is 0 Å². The molecule has 0 atom stereocenters. The number of carbonyl (C=O) groups excluding carboxylic acids is 1. The number of esters is 1. The quantitative estimate of drug-likeness (QED) is 0.636. The van der Waals surface area contributed by atoms with E-state index in [9.17, 15) is 13.2 Å². The van der Waals surface area contributed by atoms with E-state index in [1.165, 1.54) is 36.9 Å². The second-order valence-corrected chi connectivity index (χ2v) is 6.89. The zero-order chi connectivity index (χ0) is 16.4. The lowest BCUT2D eigenvalue weighted by Crippen LogP contribution is -2.11. The van der Waals surface area contributed by atoms with Crippen molar-refractivity contribution in [2.75, 3.05) is 7.11 Å². The fourth-order valence-corrected chi connectivity index (χ4v) is 3.64. The predicted molar refractivity (Wildman–Crippen MR) is 84.1 cm³/mol. The smallest absolute Gasteiger partial charge is 0.339 e. The molecule has 0 aliphatic heterocycles. The van der Waals surface area contributed by atoms with E-state index in [1.54, 1.807) is 12.1 Å². The molecule has 0 unspecified atom stereocenters. The summed E-state index contributed by atoms with van der Waals surface area (Å²) in [4.78, 5) is 11.4. The lowest BCUT2D eigenvalue weighted by atomic mass is 10.1. The van der Waals surface area contributed by atoms with Crippen LogP contribution in [-0.4, -0.2) is 21.5 Å². The summed E-state index contributed by atoms with van der Waals surface area (Å²) in [6.45, 7) is 0. The summed E-state index contributed by atoms with van der Waals surface area (Å²) < 4.78 is 34.6. The van der Waals surface area contributed by atoms with E-state index in [2.05, 4.69) is 4.74 Å². The number of ether oxygens (including phenoxy) is 1. The van der Waals surface area contributed by atoms with Crippen molar-refractivity contribution >= 4 is 16.1 Å². The molecule has 0 heterocycles. The molecule has 0 N–H and O–H groups in total. The minimum Gasteiger partial charge on any atom is -0.465 e. The molecule has 0 fully saturated rings. The standard InChI is InChI=1S/C17H16O5S/c1-21-17(18)14-6-3-7-16(11-14)23(19,20)22-15-9-8-12-4-2-5-13(12)10-15/h3,6-11H,2,4-5H2,1H3. The Labute approximate surface area is 135 Å². The number of fused-ring (bicyclic) bond motifs is 1. The van der Waals surface area contributed by atoms with E-state index in [-0.39, 0.29) is 16.2 Å². The Morgan fingerprint density at radius 3 is 2.61 bits per heavy atom. The Morgan fingerprint density at radius 1 is 1.04 bits per heavy atom. The maximum Gasteiger partial charge on any atom is 0.339 e. The molecule has 0 radical (unpaired) electrons. The first-order valence-electron chi connectivity index (χ1n) is 7.24. The molecule has 0 spiro atoms. The van der Waals surface area contributed by atoms with Crippen molar-refractivity contribution in [3.05, 3.63) is 59.2 Å². The van der Waals surface area contributed by atoms with Gasteiger partial charge in [-0.15, -0.1) is 0 Å². The van der Waals surface area contributed by atoms with E-state index < -0.39 is 16.1 Å². The molecule has 120 valence electrons. The monoisotopic (exact) mass is 332 g/mol. The molecule has 5 nitrogen and oxygen atoms in total. The maximum atomic E-state index is 12.4. The highest BCUT2D eigenvalue weighted by molar-refractivity contribution is 7.87. The number of carbonyl (C=O) groups is 1. The van der Waals surface area contributed by atoms with Gasteiger partial charge in [0.15, 0.2) is 0 Å². The van der Waals surface area contributed by atoms with Gasteiger partial charge in [-0.05, 0) is 60.7 Å². The number of methoxy groups -OCH3 is 1. The topological polar surface area (TPSA) is 69.7 Å². The highest BCUT2D eigenvalue weighted by Gasteiger charge is 2.20. The molecule has 2 aromatic rings. The van der Waals surface area contributed by atoms with Crippen LogP contribution in [0.4, 0.5) is 0 Å². The third-order valence-electron chi connectivity index (χ3n) is 3.82. The SMILES string of the molecule is COC(=O)c1cccc(S(=O)(=O)Oc2ccc3c(c2)CCC3)c1. The number of rotatable bonds is 4. The van der Waals surface area contributed by atoms with Crippen molar-refractivity contribution in [1.82, 2.24) is 0 Å². The van der Waals surface area contributed by atoms with Gasteiger partial charge in [0.2, 0.25) is 0 Å². The molecule has 0 saturated heterocycles. The molecular formula is C17H16O5S. The second-order valence-electron chi connectivity index (χ2n) is 5.34. The number of hydrogen-bond donors (Lipinski definition) is 0. The molecule has 0 amide bonds. The highest BCUT2D eigenvalue weighted by atomic mass is 32.2. The molecule has 23 heavy (non-hydrogen) atoms. The van der Waals surface area contributed by atoms with Gasteiger partial charge >= 0.3 is 16.1 Å². The first-order valence-corrected chi connectivity index (χ1v) is 8.65. The molecule has 0 bridgehead atoms. The zero-order valence-corrected chi connectivity index (χ0v) is 13.4. The Bertz CT molecular complexity index is 855. The van der Waals surface area contributed by atoms with Crippen LogP contribution in [0.15, 0.2) is 47.4 Å². The highest BCUT2D eigenvalue weighted by Crippen LogP contribution is 2.28. The van der Waals surface area contributed by atoms with Crippen LogP contribution in [0.5, 0.6) is 5.75 Å². The third-order valence-corrected chi connectivity index (χ3v) is 5.06. The zero-order valence-electron chi connectivity index (χ0n) is 12.6. The van der Waals surface area contributed by atoms with E-state index >= 15 is 0 Å². The summed E-state index contributed by atoms with van der Waals surface area (Å²) >= 11 is 0. The van der Waals surface area contributed by atoms with Crippen LogP contribution in [0.3, 0.4) is 0 Å². The molecule has 0 saturated carbocycles. The van der Waals surface area contributed by atoms with Crippen molar-refractivity contribution < 1.29 is 22.1 Å². The van der Waals surface area contributed by atoms with Crippen LogP contribution in [0.2, 0.25) is 0 Å². The van der Waals surface area contributed by atoms with Crippen LogP contribution in [-0.2, 0) is 27.7 Å². The summed E-state index contributed by atoms with van der Waals surface area (Å²) in [7, 11) is -2.76.